The lowest BCUT2D eigenvalue weighted by Gasteiger charge is -2.35. The van der Waals surface area contributed by atoms with Crippen LogP contribution in [0.2, 0.25) is 5.02 Å². The Hall–Kier alpha value is -2.81. The van der Waals surface area contributed by atoms with Gasteiger partial charge in [-0.3, -0.25) is 9.80 Å². The van der Waals surface area contributed by atoms with Crippen LogP contribution in [0, 0.1) is 0 Å². The van der Waals surface area contributed by atoms with Gasteiger partial charge in [0.25, 0.3) is 0 Å². The number of piperazine rings is 1. The molecule has 0 saturated carbocycles. The molecule has 3 rings (SSSR count). The van der Waals surface area contributed by atoms with E-state index < -0.39 is 11.9 Å². The first-order chi connectivity index (χ1) is 14.8. The third-order valence-electron chi connectivity index (χ3n) is 4.88. The van der Waals surface area contributed by atoms with E-state index >= 15 is 0 Å². The summed E-state index contributed by atoms with van der Waals surface area (Å²) < 4.78 is 10.8. The number of carboxylic acid groups (broad SMARTS) is 2. The van der Waals surface area contributed by atoms with Gasteiger partial charge in [-0.25, -0.2) is 9.59 Å². The smallest absolute Gasteiger partial charge is 0.414 e. The number of nitrogens with zero attached hydrogens (tertiary/aromatic N) is 2. The van der Waals surface area contributed by atoms with Gasteiger partial charge < -0.3 is 19.7 Å². The highest BCUT2D eigenvalue weighted by Crippen LogP contribution is 2.26. The predicted octanol–water partition coefficient (Wildman–Crippen LogP) is 2.83. The van der Waals surface area contributed by atoms with Gasteiger partial charge in [0.05, 0.1) is 14.2 Å². The van der Waals surface area contributed by atoms with Crippen LogP contribution < -0.4 is 9.47 Å². The summed E-state index contributed by atoms with van der Waals surface area (Å²) in [7, 11) is 3.41. The maximum absolute atomic E-state index is 9.10. The lowest BCUT2D eigenvalue weighted by atomic mass is 10.1. The van der Waals surface area contributed by atoms with Crippen LogP contribution in [0.5, 0.6) is 11.5 Å². The van der Waals surface area contributed by atoms with Crippen molar-refractivity contribution in [3.8, 4) is 11.5 Å². The Morgan fingerprint density at radius 1 is 0.871 bits per heavy atom. The average molecular weight is 451 g/mol. The molecular formula is C22H27ClN2O6. The maximum atomic E-state index is 9.10. The summed E-state index contributed by atoms with van der Waals surface area (Å²) in [4.78, 5) is 23.1. The van der Waals surface area contributed by atoms with Gasteiger partial charge in [0.1, 0.15) is 11.5 Å². The van der Waals surface area contributed by atoms with Crippen molar-refractivity contribution >= 4 is 23.5 Å². The van der Waals surface area contributed by atoms with Crippen LogP contribution in [0.1, 0.15) is 11.1 Å². The fourth-order valence-corrected chi connectivity index (χ4v) is 3.41. The highest BCUT2D eigenvalue weighted by atomic mass is 35.5. The fourth-order valence-electron chi connectivity index (χ4n) is 3.22. The second-order valence-corrected chi connectivity index (χ2v) is 7.34. The number of halogens is 1. The molecule has 0 unspecified atom stereocenters. The molecule has 1 aliphatic heterocycles. The summed E-state index contributed by atoms with van der Waals surface area (Å²) in [6.45, 7) is 5.93. The molecule has 2 aromatic carbocycles. The molecule has 2 aromatic rings. The molecule has 0 aromatic heterocycles. The van der Waals surface area contributed by atoms with Gasteiger partial charge >= 0.3 is 11.9 Å². The van der Waals surface area contributed by atoms with Crippen molar-refractivity contribution < 1.29 is 29.3 Å². The van der Waals surface area contributed by atoms with Gasteiger partial charge in [-0.2, -0.15) is 0 Å². The Labute approximate surface area is 186 Å². The van der Waals surface area contributed by atoms with Crippen molar-refractivity contribution in [1.29, 1.82) is 0 Å². The lowest BCUT2D eigenvalue weighted by Crippen LogP contribution is -2.45. The molecule has 0 radical (unpaired) electrons. The standard InChI is InChI=1S/C20H25ClN2O2.C2H2O4/c1-24-18-7-8-20(25-2)17(13-18)15-23-11-9-22(10-12-23)14-16-5-3-4-6-19(16)21;3-1(4)2(5)6/h3-8,13H,9-12,14-15H2,1-2H3;(H,3,4)(H,5,6). The summed E-state index contributed by atoms with van der Waals surface area (Å²) in [5.41, 5.74) is 2.37. The number of aliphatic carboxylic acids is 2. The third kappa shape index (κ3) is 7.75. The first-order valence-corrected chi connectivity index (χ1v) is 10.1. The lowest BCUT2D eigenvalue weighted by molar-refractivity contribution is -0.159. The van der Waals surface area contributed by atoms with Crippen molar-refractivity contribution in [2.45, 2.75) is 13.1 Å². The van der Waals surface area contributed by atoms with Gasteiger partial charge in [0.2, 0.25) is 0 Å². The first-order valence-electron chi connectivity index (χ1n) is 9.69. The van der Waals surface area contributed by atoms with Crippen molar-refractivity contribution in [3.05, 3.63) is 58.6 Å². The number of carbonyl (C=O) groups is 2. The van der Waals surface area contributed by atoms with Crippen molar-refractivity contribution in [3.63, 3.8) is 0 Å². The minimum Gasteiger partial charge on any atom is -0.497 e. The highest BCUT2D eigenvalue weighted by molar-refractivity contribution is 6.31. The van der Waals surface area contributed by atoms with Crippen LogP contribution in [0.15, 0.2) is 42.5 Å². The fraction of sp³-hybridized carbons (Fsp3) is 0.364. The predicted molar refractivity (Wildman–Crippen MR) is 117 cm³/mol. The van der Waals surface area contributed by atoms with Gasteiger partial charge in [-0.1, -0.05) is 29.8 Å². The Morgan fingerprint density at radius 2 is 1.42 bits per heavy atom. The van der Waals surface area contributed by atoms with E-state index in [9.17, 15) is 0 Å². The van der Waals surface area contributed by atoms with Crippen molar-refractivity contribution in [2.24, 2.45) is 0 Å². The van der Waals surface area contributed by atoms with Crippen molar-refractivity contribution in [2.75, 3.05) is 40.4 Å². The van der Waals surface area contributed by atoms with Gasteiger partial charge in [-0.15, -0.1) is 0 Å². The topological polar surface area (TPSA) is 99.5 Å². The number of methoxy groups -OCH3 is 2. The molecular weight excluding hydrogens is 424 g/mol. The number of benzene rings is 2. The number of hydrogen-bond acceptors (Lipinski definition) is 6. The van der Waals surface area contributed by atoms with E-state index in [0.717, 1.165) is 55.8 Å². The van der Waals surface area contributed by atoms with Crippen LogP contribution >= 0.6 is 11.6 Å². The second kappa shape index (κ2) is 12.1. The number of hydrogen-bond donors (Lipinski definition) is 2. The number of ether oxygens (including phenoxy) is 2. The molecule has 1 fully saturated rings. The molecule has 9 heteroatoms. The van der Waals surface area contributed by atoms with E-state index in [2.05, 4.69) is 21.9 Å². The van der Waals surface area contributed by atoms with Crippen LogP contribution in [0.25, 0.3) is 0 Å². The largest absolute Gasteiger partial charge is 0.497 e. The molecule has 0 bridgehead atoms. The molecule has 1 aliphatic rings. The third-order valence-corrected chi connectivity index (χ3v) is 5.25. The van der Waals surface area contributed by atoms with Crippen LogP contribution in [0.3, 0.4) is 0 Å². The monoisotopic (exact) mass is 450 g/mol. The highest BCUT2D eigenvalue weighted by Gasteiger charge is 2.19. The van der Waals surface area contributed by atoms with Gasteiger partial charge in [-0.05, 0) is 29.8 Å². The van der Waals surface area contributed by atoms with E-state index in [4.69, 9.17) is 40.9 Å². The van der Waals surface area contributed by atoms with Crippen LogP contribution in [-0.2, 0) is 22.7 Å². The Bertz CT molecular complexity index is 872. The first kappa shape index (κ1) is 24.5. The summed E-state index contributed by atoms with van der Waals surface area (Å²) in [5.74, 6) is -1.86. The number of rotatable bonds is 6. The van der Waals surface area contributed by atoms with Gasteiger partial charge in [0, 0.05) is 49.9 Å². The minimum atomic E-state index is -1.82. The summed E-state index contributed by atoms with van der Waals surface area (Å²) >= 11 is 6.28. The summed E-state index contributed by atoms with van der Waals surface area (Å²) in [6.07, 6.45) is 0. The van der Waals surface area contributed by atoms with Crippen LogP contribution in [-0.4, -0.2) is 72.4 Å². The summed E-state index contributed by atoms with van der Waals surface area (Å²) in [6, 6.07) is 14.1. The summed E-state index contributed by atoms with van der Waals surface area (Å²) in [5, 5.41) is 15.6. The van der Waals surface area contributed by atoms with E-state index in [0.29, 0.717) is 0 Å². The molecule has 1 heterocycles. The molecule has 1 saturated heterocycles. The average Bonchev–Trinajstić information content (AvgIpc) is 2.77. The Balaban J connectivity index is 0.000000501. The Kier molecular flexibility index (Phi) is 9.58. The van der Waals surface area contributed by atoms with E-state index in [1.54, 1.807) is 14.2 Å². The molecule has 0 atom stereocenters. The quantitative estimate of drug-likeness (QED) is 0.648. The molecule has 168 valence electrons. The molecule has 0 aliphatic carbocycles. The van der Waals surface area contributed by atoms with E-state index in [1.807, 2.05) is 30.3 Å². The van der Waals surface area contributed by atoms with E-state index in [1.165, 1.54) is 11.1 Å². The minimum absolute atomic E-state index is 0.853. The van der Waals surface area contributed by atoms with Crippen molar-refractivity contribution in [1.82, 2.24) is 9.80 Å². The Morgan fingerprint density at radius 3 is 1.90 bits per heavy atom. The zero-order chi connectivity index (χ0) is 22.8. The molecule has 8 nitrogen and oxygen atoms in total. The zero-order valence-corrected chi connectivity index (χ0v) is 18.3. The molecule has 0 spiro atoms. The van der Waals surface area contributed by atoms with E-state index in [-0.39, 0.29) is 0 Å². The zero-order valence-electron chi connectivity index (χ0n) is 17.6. The maximum Gasteiger partial charge on any atom is 0.414 e. The number of carboxylic acids is 2. The molecule has 0 amide bonds. The van der Waals surface area contributed by atoms with Crippen LogP contribution in [0.4, 0.5) is 0 Å². The molecule has 31 heavy (non-hydrogen) atoms. The second-order valence-electron chi connectivity index (χ2n) is 6.93. The van der Waals surface area contributed by atoms with Gasteiger partial charge in [0.15, 0.2) is 0 Å². The SMILES string of the molecule is COc1ccc(OC)c(CN2CCN(Cc3ccccc3Cl)CC2)c1.O=C(O)C(=O)O. The normalized spacial score (nSPS) is 14.3. The molecule has 2 N–H and O–H groups in total.